The smallest absolute Gasteiger partial charge is 0.0832 e. The van der Waals surface area contributed by atoms with Crippen LogP contribution in [-0.4, -0.2) is 7.11 Å². The minimum Gasteiger partial charge on any atom is -0.379 e. The SMILES string of the molecule is CCCCCCCCCCCC[CH]OC. The van der Waals surface area contributed by atoms with Crippen molar-refractivity contribution in [3.05, 3.63) is 6.61 Å². The summed E-state index contributed by atoms with van der Waals surface area (Å²) in [6.45, 7) is 4.18. The molecule has 0 rings (SSSR count). The summed E-state index contributed by atoms with van der Waals surface area (Å²) in [6, 6.07) is 0. The zero-order chi connectivity index (χ0) is 11.2. The summed E-state index contributed by atoms with van der Waals surface area (Å²) in [5.74, 6) is 0. The number of hydrogen-bond donors (Lipinski definition) is 0. The summed E-state index contributed by atoms with van der Waals surface area (Å²) in [6.07, 6.45) is 15.2. The van der Waals surface area contributed by atoms with Gasteiger partial charge in [-0.15, -0.1) is 0 Å². The average molecular weight is 213 g/mol. The van der Waals surface area contributed by atoms with Crippen LogP contribution >= 0.6 is 0 Å². The molecule has 0 N–H and O–H groups in total. The van der Waals surface area contributed by atoms with Crippen molar-refractivity contribution in [3.63, 3.8) is 0 Å². The summed E-state index contributed by atoms with van der Waals surface area (Å²) in [7, 11) is 1.73. The highest BCUT2D eigenvalue weighted by atomic mass is 16.5. The molecule has 0 unspecified atom stereocenters. The van der Waals surface area contributed by atoms with Crippen LogP contribution in [0.1, 0.15) is 77.6 Å². The van der Waals surface area contributed by atoms with E-state index >= 15 is 0 Å². The second-order valence-electron chi connectivity index (χ2n) is 4.37. The Labute approximate surface area is 96.6 Å². The molecular weight excluding hydrogens is 184 g/mol. The van der Waals surface area contributed by atoms with Crippen molar-refractivity contribution in [2.75, 3.05) is 7.11 Å². The summed E-state index contributed by atoms with van der Waals surface area (Å²) in [5, 5.41) is 0. The number of rotatable bonds is 12. The van der Waals surface area contributed by atoms with Gasteiger partial charge >= 0.3 is 0 Å². The van der Waals surface area contributed by atoms with Gasteiger partial charge in [-0.1, -0.05) is 71.1 Å². The molecule has 0 aliphatic carbocycles. The maximum Gasteiger partial charge on any atom is 0.0832 e. The number of ether oxygens (including phenoxy) is 1. The second kappa shape index (κ2) is 14.0. The fourth-order valence-electron chi connectivity index (χ4n) is 1.83. The third-order valence-corrected chi connectivity index (χ3v) is 2.84. The second-order valence-corrected chi connectivity index (χ2v) is 4.37. The Hall–Kier alpha value is -0.0400. The van der Waals surface area contributed by atoms with Gasteiger partial charge in [0.15, 0.2) is 0 Å². The minimum atomic E-state index is 1.12. The summed E-state index contributed by atoms with van der Waals surface area (Å²) >= 11 is 0. The van der Waals surface area contributed by atoms with Gasteiger partial charge in [-0.3, -0.25) is 0 Å². The minimum absolute atomic E-state index is 1.12. The van der Waals surface area contributed by atoms with Gasteiger partial charge in [0.25, 0.3) is 0 Å². The van der Waals surface area contributed by atoms with Gasteiger partial charge in [-0.2, -0.15) is 0 Å². The Morgan fingerprint density at radius 1 is 0.733 bits per heavy atom. The predicted octanol–water partition coefficient (Wildman–Crippen LogP) is 5.11. The van der Waals surface area contributed by atoms with Crippen molar-refractivity contribution < 1.29 is 4.74 Å². The lowest BCUT2D eigenvalue weighted by atomic mass is 10.1. The van der Waals surface area contributed by atoms with Crippen molar-refractivity contribution in [1.82, 2.24) is 0 Å². The van der Waals surface area contributed by atoms with Crippen molar-refractivity contribution >= 4 is 0 Å². The molecular formula is C14H29O. The molecule has 1 nitrogen and oxygen atoms in total. The third kappa shape index (κ3) is 14.0. The molecule has 0 saturated carbocycles. The molecule has 0 aromatic rings. The standard InChI is InChI=1S/C14H29O/c1-3-4-5-6-7-8-9-10-11-12-13-14-15-2/h14H,3-13H2,1-2H3. The summed E-state index contributed by atoms with van der Waals surface area (Å²) in [4.78, 5) is 0. The fraction of sp³-hybridized carbons (Fsp3) is 0.929. The molecule has 0 saturated heterocycles. The molecule has 1 radical (unpaired) electrons. The largest absolute Gasteiger partial charge is 0.379 e. The van der Waals surface area contributed by atoms with Gasteiger partial charge < -0.3 is 4.74 Å². The molecule has 0 aromatic heterocycles. The Bertz CT molecular complexity index is 89.5. The van der Waals surface area contributed by atoms with Crippen LogP contribution in [-0.2, 0) is 4.74 Å². The molecule has 0 bridgehead atoms. The van der Waals surface area contributed by atoms with Crippen LogP contribution in [0, 0.1) is 6.61 Å². The van der Waals surface area contributed by atoms with E-state index in [1.165, 1.54) is 64.2 Å². The van der Waals surface area contributed by atoms with Crippen LogP contribution in [0.5, 0.6) is 0 Å². The third-order valence-electron chi connectivity index (χ3n) is 2.84. The Morgan fingerprint density at radius 3 is 1.67 bits per heavy atom. The topological polar surface area (TPSA) is 9.23 Å². The van der Waals surface area contributed by atoms with E-state index in [1.54, 1.807) is 7.11 Å². The van der Waals surface area contributed by atoms with Crippen LogP contribution < -0.4 is 0 Å². The van der Waals surface area contributed by atoms with E-state index in [0.717, 1.165) is 6.42 Å². The highest BCUT2D eigenvalue weighted by molar-refractivity contribution is 4.51. The van der Waals surface area contributed by atoms with E-state index in [0.29, 0.717) is 0 Å². The van der Waals surface area contributed by atoms with Crippen molar-refractivity contribution in [2.24, 2.45) is 0 Å². The lowest BCUT2D eigenvalue weighted by Gasteiger charge is -2.01. The molecule has 15 heavy (non-hydrogen) atoms. The van der Waals surface area contributed by atoms with Crippen molar-refractivity contribution in [1.29, 1.82) is 0 Å². The average Bonchev–Trinajstić information content (AvgIpc) is 2.26. The maximum atomic E-state index is 4.90. The van der Waals surface area contributed by atoms with Gasteiger partial charge in [0.2, 0.25) is 0 Å². The Morgan fingerprint density at radius 2 is 1.20 bits per heavy atom. The molecule has 0 aromatic carbocycles. The molecule has 0 amide bonds. The summed E-state index contributed by atoms with van der Waals surface area (Å²) in [5.41, 5.74) is 0. The van der Waals surface area contributed by atoms with Crippen molar-refractivity contribution in [3.8, 4) is 0 Å². The van der Waals surface area contributed by atoms with Crippen LogP contribution in [0.25, 0.3) is 0 Å². The highest BCUT2D eigenvalue weighted by Gasteiger charge is 1.92. The summed E-state index contributed by atoms with van der Waals surface area (Å²) < 4.78 is 4.90. The highest BCUT2D eigenvalue weighted by Crippen LogP contribution is 2.11. The molecule has 0 aliphatic rings. The van der Waals surface area contributed by atoms with Gasteiger partial charge in [0.1, 0.15) is 0 Å². The molecule has 0 atom stereocenters. The van der Waals surface area contributed by atoms with Crippen LogP contribution in [0.2, 0.25) is 0 Å². The molecule has 1 heteroatoms. The molecule has 91 valence electrons. The lowest BCUT2D eigenvalue weighted by Crippen LogP contribution is -1.83. The molecule has 0 fully saturated rings. The van der Waals surface area contributed by atoms with Gasteiger partial charge in [-0.25, -0.2) is 0 Å². The van der Waals surface area contributed by atoms with Gasteiger partial charge in [0, 0.05) is 7.11 Å². The van der Waals surface area contributed by atoms with E-state index in [1.807, 2.05) is 6.61 Å². The van der Waals surface area contributed by atoms with Gasteiger partial charge in [-0.05, 0) is 6.42 Å². The zero-order valence-electron chi connectivity index (χ0n) is 10.8. The first kappa shape index (κ1) is 15.0. The quantitative estimate of drug-likeness (QED) is 0.409. The van der Waals surface area contributed by atoms with Crippen LogP contribution in [0.15, 0.2) is 0 Å². The first-order chi connectivity index (χ1) is 7.41. The number of unbranched alkanes of at least 4 members (excludes halogenated alkanes) is 10. The number of hydrogen-bond acceptors (Lipinski definition) is 1. The van der Waals surface area contributed by atoms with Crippen LogP contribution in [0.4, 0.5) is 0 Å². The van der Waals surface area contributed by atoms with E-state index in [-0.39, 0.29) is 0 Å². The number of methoxy groups -OCH3 is 1. The predicted molar refractivity (Wildman–Crippen MR) is 67.8 cm³/mol. The van der Waals surface area contributed by atoms with Crippen LogP contribution in [0.3, 0.4) is 0 Å². The first-order valence-corrected chi connectivity index (χ1v) is 6.76. The van der Waals surface area contributed by atoms with E-state index in [4.69, 9.17) is 4.74 Å². The maximum absolute atomic E-state index is 4.90. The zero-order valence-corrected chi connectivity index (χ0v) is 10.8. The fourth-order valence-corrected chi connectivity index (χ4v) is 1.83. The van der Waals surface area contributed by atoms with Gasteiger partial charge in [0.05, 0.1) is 6.61 Å². The first-order valence-electron chi connectivity index (χ1n) is 6.76. The van der Waals surface area contributed by atoms with E-state index < -0.39 is 0 Å². The lowest BCUT2D eigenvalue weighted by molar-refractivity contribution is 0.262. The normalized spacial score (nSPS) is 10.8. The van der Waals surface area contributed by atoms with E-state index in [2.05, 4.69) is 6.92 Å². The Kier molecular flexibility index (Phi) is 13.9. The monoisotopic (exact) mass is 213 g/mol. The Balaban J connectivity index is 2.81. The molecule has 0 heterocycles. The van der Waals surface area contributed by atoms with Crippen molar-refractivity contribution in [2.45, 2.75) is 77.6 Å². The molecule has 0 spiro atoms. The van der Waals surface area contributed by atoms with E-state index in [9.17, 15) is 0 Å². The molecule has 0 aliphatic heterocycles.